The third-order valence-electron chi connectivity index (χ3n) is 7.78. The normalized spacial score (nSPS) is 23.2. The maximum Gasteiger partial charge on any atom is 0.227 e. The molecule has 1 saturated heterocycles. The van der Waals surface area contributed by atoms with Gasteiger partial charge in [-0.2, -0.15) is 5.10 Å². The van der Waals surface area contributed by atoms with Crippen molar-refractivity contribution < 1.29 is 8.94 Å². The Balaban J connectivity index is 1.18. The molecule has 0 radical (unpaired) electrons. The van der Waals surface area contributed by atoms with E-state index in [9.17, 15) is 0 Å². The zero-order chi connectivity index (χ0) is 24.4. The minimum absolute atomic E-state index is 0.117. The number of piperidine rings is 1. The van der Waals surface area contributed by atoms with Crippen molar-refractivity contribution in [2.75, 3.05) is 24.5 Å². The fraction of sp³-hybridized carbons (Fsp3) is 0.320. The molecule has 2 aliphatic rings. The highest BCUT2D eigenvalue weighted by Gasteiger charge is 2.67. The molecular formula is C25H23ClN8O2. The molecule has 1 aliphatic heterocycles. The molecule has 0 amide bonds. The van der Waals surface area contributed by atoms with E-state index in [0.717, 1.165) is 42.3 Å². The molecule has 5 aromatic rings. The summed E-state index contributed by atoms with van der Waals surface area (Å²) in [6.07, 6.45) is 5.93. The van der Waals surface area contributed by atoms with Crippen LogP contribution in [0.15, 0.2) is 51.9 Å². The number of hydrogen-bond acceptors (Lipinski definition) is 9. The maximum atomic E-state index is 6.73. The predicted octanol–water partition coefficient (Wildman–Crippen LogP) is 3.98. The summed E-state index contributed by atoms with van der Waals surface area (Å²) in [5, 5.41) is 12.3. The van der Waals surface area contributed by atoms with E-state index in [4.69, 9.17) is 36.2 Å². The molecule has 4 aromatic heterocycles. The topological polar surface area (TPSA) is 136 Å². The monoisotopic (exact) mass is 502 g/mol. The van der Waals surface area contributed by atoms with Crippen LogP contribution in [0.2, 0.25) is 5.02 Å². The largest absolute Gasteiger partial charge is 0.444 e. The summed E-state index contributed by atoms with van der Waals surface area (Å²) in [5.41, 5.74) is 10.5. The van der Waals surface area contributed by atoms with Gasteiger partial charge in [0, 0.05) is 36.7 Å². The van der Waals surface area contributed by atoms with Crippen molar-refractivity contribution in [3.63, 3.8) is 0 Å². The van der Waals surface area contributed by atoms with Gasteiger partial charge in [0.15, 0.2) is 0 Å². The van der Waals surface area contributed by atoms with Crippen LogP contribution in [0.4, 0.5) is 5.82 Å². The van der Waals surface area contributed by atoms with E-state index >= 15 is 0 Å². The van der Waals surface area contributed by atoms with Gasteiger partial charge in [-0.05, 0) is 31.2 Å². The smallest absolute Gasteiger partial charge is 0.227 e. The Hall–Kier alpha value is -3.76. The summed E-state index contributed by atoms with van der Waals surface area (Å²) in [6.45, 7) is 4.19. The second-order valence-electron chi connectivity index (χ2n) is 9.52. The quantitative estimate of drug-likeness (QED) is 0.365. The van der Waals surface area contributed by atoms with Crippen LogP contribution in [0.25, 0.3) is 33.9 Å². The van der Waals surface area contributed by atoms with Gasteiger partial charge in [-0.25, -0.2) is 15.0 Å². The van der Waals surface area contributed by atoms with Crippen molar-refractivity contribution in [2.24, 2.45) is 17.6 Å². The number of rotatable bonds is 5. The first-order valence-electron chi connectivity index (χ1n) is 11.9. The molecule has 1 aliphatic carbocycles. The summed E-state index contributed by atoms with van der Waals surface area (Å²) >= 11 is 6.73. The number of nitrogens with one attached hydrogen (secondary N) is 1. The predicted molar refractivity (Wildman–Crippen MR) is 133 cm³/mol. The minimum Gasteiger partial charge on any atom is -0.444 e. The molecule has 182 valence electrons. The van der Waals surface area contributed by atoms with Crippen molar-refractivity contribution in [2.45, 2.75) is 18.8 Å². The van der Waals surface area contributed by atoms with Crippen LogP contribution in [0, 0.1) is 18.8 Å². The Bertz CT molecular complexity index is 1580. The summed E-state index contributed by atoms with van der Waals surface area (Å²) in [5.74, 6) is 2.99. The highest BCUT2D eigenvalue weighted by molar-refractivity contribution is 6.36. The van der Waals surface area contributed by atoms with Gasteiger partial charge in [0.25, 0.3) is 0 Å². The maximum absolute atomic E-state index is 6.73. The molecule has 2 fully saturated rings. The number of aromatic amines is 1. The van der Waals surface area contributed by atoms with Crippen molar-refractivity contribution >= 4 is 28.6 Å². The second kappa shape index (κ2) is 7.87. The van der Waals surface area contributed by atoms with Crippen LogP contribution < -0.4 is 10.6 Å². The van der Waals surface area contributed by atoms with Crippen molar-refractivity contribution in [3.05, 3.63) is 59.4 Å². The Morgan fingerprint density at radius 1 is 1.25 bits per heavy atom. The molecule has 1 aromatic carbocycles. The van der Waals surface area contributed by atoms with Crippen LogP contribution >= 0.6 is 11.6 Å². The number of nitrogens with zero attached hydrogens (tertiary/aromatic N) is 6. The number of H-pyrrole nitrogens is 1. The van der Waals surface area contributed by atoms with Crippen molar-refractivity contribution in [1.82, 2.24) is 30.3 Å². The average Bonchev–Trinajstić information content (AvgIpc) is 3.40. The van der Waals surface area contributed by atoms with E-state index in [-0.39, 0.29) is 5.41 Å². The van der Waals surface area contributed by atoms with Gasteiger partial charge in [0.05, 0.1) is 34.4 Å². The van der Waals surface area contributed by atoms with Crippen LogP contribution in [0.5, 0.6) is 0 Å². The number of aromatic nitrogens is 6. The molecule has 0 spiro atoms. The molecule has 3 atom stereocenters. The summed E-state index contributed by atoms with van der Waals surface area (Å²) < 4.78 is 10.8. The molecule has 10 nitrogen and oxygen atoms in total. The lowest BCUT2D eigenvalue weighted by Gasteiger charge is -2.26. The third kappa shape index (κ3) is 3.04. The zero-order valence-electron chi connectivity index (χ0n) is 19.5. The minimum atomic E-state index is -0.117. The van der Waals surface area contributed by atoms with E-state index in [2.05, 4.69) is 25.2 Å². The molecule has 1 saturated carbocycles. The Morgan fingerprint density at radius 3 is 2.92 bits per heavy atom. The number of nitrogens with two attached hydrogens (primary N) is 1. The van der Waals surface area contributed by atoms with Crippen LogP contribution in [0.3, 0.4) is 0 Å². The fourth-order valence-corrected chi connectivity index (χ4v) is 6.23. The molecule has 3 N–H and O–H groups in total. The van der Waals surface area contributed by atoms with Gasteiger partial charge in [0.1, 0.15) is 23.4 Å². The number of hydrogen-bond donors (Lipinski definition) is 2. The van der Waals surface area contributed by atoms with Gasteiger partial charge < -0.3 is 19.6 Å². The molecule has 7 rings (SSSR count). The van der Waals surface area contributed by atoms with E-state index in [1.807, 2.05) is 31.2 Å². The van der Waals surface area contributed by atoms with Crippen molar-refractivity contribution in [1.29, 1.82) is 0 Å². The summed E-state index contributed by atoms with van der Waals surface area (Å²) in [4.78, 5) is 16.0. The van der Waals surface area contributed by atoms with Crippen LogP contribution in [-0.2, 0) is 5.41 Å². The van der Waals surface area contributed by atoms with Crippen LogP contribution in [0.1, 0.15) is 17.9 Å². The highest BCUT2D eigenvalue weighted by atomic mass is 35.5. The second-order valence-corrected chi connectivity index (χ2v) is 9.90. The number of benzene rings is 1. The van der Waals surface area contributed by atoms with Gasteiger partial charge in [0.2, 0.25) is 11.5 Å². The Kier molecular flexibility index (Phi) is 4.71. The lowest BCUT2D eigenvalue weighted by Crippen LogP contribution is -2.32. The highest BCUT2D eigenvalue weighted by Crippen LogP contribution is 2.62. The van der Waals surface area contributed by atoms with Crippen molar-refractivity contribution in [3.8, 4) is 22.7 Å². The van der Waals surface area contributed by atoms with Gasteiger partial charge in [-0.15, -0.1) is 0 Å². The molecular weight excluding hydrogens is 480 g/mol. The summed E-state index contributed by atoms with van der Waals surface area (Å²) in [6, 6.07) is 7.69. The van der Waals surface area contributed by atoms with Gasteiger partial charge in [-0.3, -0.25) is 5.10 Å². The van der Waals surface area contributed by atoms with E-state index in [1.165, 1.54) is 6.26 Å². The first kappa shape index (κ1) is 21.5. The fourth-order valence-electron chi connectivity index (χ4n) is 5.93. The van der Waals surface area contributed by atoms with Gasteiger partial charge >= 0.3 is 0 Å². The Morgan fingerprint density at radius 2 is 2.14 bits per heavy atom. The van der Waals surface area contributed by atoms with Crippen LogP contribution in [-0.4, -0.2) is 49.9 Å². The van der Waals surface area contributed by atoms with E-state index in [0.29, 0.717) is 51.7 Å². The summed E-state index contributed by atoms with van der Waals surface area (Å²) in [7, 11) is 0. The lowest BCUT2D eigenvalue weighted by atomic mass is 9.97. The number of halogens is 1. The first-order chi connectivity index (χ1) is 17.6. The number of oxazole rings is 1. The third-order valence-corrected chi connectivity index (χ3v) is 8.18. The molecule has 0 bridgehead atoms. The van der Waals surface area contributed by atoms with E-state index < -0.39 is 0 Å². The average molecular weight is 503 g/mol. The van der Waals surface area contributed by atoms with Gasteiger partial charge in [-0.1, -0.05) is 28.9 Å². The van der Waals surface area contributed by atoms with E-state index in [1.54, 1.807) is 12.4 Å². The molecule has 36 heavy (non-hydrogen) atoms. The standard InChI is InChI=1S/C25H23ClN8O2/c1-13-9-18(33-36-13)25(12-27)16-5-7-34(11-17(16)25)19-10-29-22-21(31-32-23(22)30-19)14-3-2-4-15(20(14)26)24-28-6-8-35-24/h2-4,6,8-10,16-17H,5,7,11-12,27H2,1H3,(H,30,31,32)/t16-,17?,25+/m1/s1. The lowest BCUT2D eigenvalue weighted by molar-refractivity contribution is 0.379. The molecule has 1 unspecified atom stereocenters. The number of aryl methyl sites for hydroxylation is 1. The zero-order valence-corrected chi connectivity index (χ0v) is 20.2. The number of anilines is 1. The molecule has 11 heteroatoms. The number of fused-ring (bicyclic) bond motifs is 2. The molecule has 5 heterocycles. The Labute approximate surface area is 210 Å². The SMILES string of the molecule is Cc1cc([C@]2(CN)C3CN(c4cnc5c(-c6cccc(-c7ncco7)c6Cl)[nH]nc5n4)CC[C@H]32)no1. The first-order valence-corrected chi connectivity index (χ1v) is 12.3.